The minimum Gasteiger partial charge on any atom is -0.462 e. The zero-order valence-electron chi connectivity index (χ0n) is 14.1. The van der Waals surface area contributed by atoms with Crippen molar-refractivity contribution in [1.82, 2.24) is 4.90 Å². The zero-order chi connectivity index (χ0) is 17.2. The largest absolute Gasteiger partial charge is 0.462 e. The van der Waals surface area contributed by atoms with Crippen molar-refractivity contribution in [2.45, 2.75) is 20.8 Å². The van der Waals surface area contributed by atoms with Crippen LogP contribution in [-0.4, -0.2) is 43.6 Å². The van der Waals surface area contributed by atoms with Gasteiger partial charge < -0.3 is 19.7 Å². The number of ether oxygens (including phenoxy) is 2. The number of hydrogen-bond acceptors (Lipinski definition) is 5. The lowest BCUT2D eigenvalue weighted by Gasteiger charge is -2.18. The molecule has 0 unspecified atom stereocenters. The van der Waals surface area contributed by atoms with E-state index in [9.17, 15) is 9.59 Å². The van der Waals surface area contributed by atoms with Crippen molar-refractivity contribution in [2.24, 2.45) is 0 Å². The Morgan fingerprint density at radius 2 is 1.91 bits per heavy atom. The maximum atomic E-state index is 11.9. The van der Waals surface area contributed by atoms with Crippen LogP contribution in [0.25, 0.3) is 0 Å². The summed E-state index contributed by atoms with van der Waals surface area (Å²) in [6.07, 6.45) is 1.67. The number of nitrogens with zero attached hydrogens (tertiary/aromatic N) is 1. The molecular formula is C17H24N2O4. The summed E-state index contributed by atoms with van der Waals surface area (Å²) < 4.78 is 10.1. The molecule has 0 radical (unpaired) electrons. The van der Waals surface area contributed by atoms with Crippen LogP contribution in [0.3, 0.4) is 0 Å². The topological polar surface area (TPSA) is 67.9 Å². The van der Waals surface area contributed by atoms with E-state index in [0.29, 0.717) is 30.2 Å². The van der Waals surface area contributed by atoms with E-state index in [2.05, 4.69) is 5.32 Å². The molecule has 0 aliphatic rings. The normalized spacial score (nSPS) is 11.0. The fourth-order valence-electron chi connectivity index (χ4n) is 1.76. The number of carbonyl (C=O) groups excluding carboxylic acids is 2. The van der Waals surface area contributed by atoms with E-state index < -0.39 is 0 Å². The molecule has 0 bridgehead atoms. The number of para-hydroxylation sites is 1. The quantitative estimate of drug-likeness (QED) is 0.746. The lowest BCUT2D eigenvalue weighted by atomic mass is 10.2. The third-order valence-corrected chi connectivity index (χ3v) is 3.19. The van der Waals surface area contributed by atoms with Gasteiger partial charge >= 0.3 is 5.97 Å². The van der Waals surface area contributed by atoms with Crippen LogP contribution in [-0.2, 0) is 14.3 Å². The number of amides is 1. The highest BCUT2D eigenvalue weighted by Gasteiger charge is 2.12. The van der Waals surface area contributed by atoms with Crippen molar-refractivity contribution in [3.8, 4) is 0 Å². The zero-order valence-corrected chi connectivity index (χ0v) is 14.1. The first-order valence-electron chi connectivity index (χ1n) is 7.55. The Morgan fingerprint density at radius 1 is 1.22 bits per heavy atom. The molecular weight excluding hydrogens is 296 g/mol. The molecule has 1 N–H and O–H groups in total. The summed E-state index contributed by atoms with van der Waals surface area (Å²) >= 11 is 0. The third kappa shape index (κ3) is 5.75. The van der Waals surface area contributed by atoms with Gasteiger partial charge in [0.15, 0.2) is 0 Å². The number of rotatable bonds is 8. The van der Waals surface area contributed by atoms with Crippen LogP contribution in [0.1, 0.15) is 31.1 Å². The van der Waals surface area contributed by atoms with Crippen molar-refractivity contribution >= 4 is 17.6 Å². The number of likely N-dealkylation sites (N-methyl/N-ethyl adjacent to an activating group) is 1. The van der Waals surface area contributed by atoms with E-state index in [-0.39, 0.29) is 18.5 Å². The lowest BCUT2D eigenvalue weighted by Crippen LogP contribution is -2.29. The Bertz CT molecular complexity index is 569. The predicted octanol–water partition coefficient (Wildman–Crippen LogP) is 2.63. The summed E-state index contributed by atoms with van der Waals surface area (Å²) in [6, 6.07) is 7.05. The standard InChI is InChI=1S/C17H24N2O4/c1-5-22-12-16(20)19(4)13(3)11-18-15-10-8-7-9-14(15)17(21)23-6-2/h7-11,18H,5-6,12H2,1-4H3. The van der Waals surface area contributed by atoms with E-state index in [1.54, 1.807) is 45.3 Å². The van der Waals surface area contributed by atoms with Gasteiger partial charge in [0.25, 0.3) is 5.91 Å². The van der Waals surface area contributed by atoms with Crippen LogP contribution >= 0.6 is 0 Å². The minimum atomic E-state index is -0.387. The van der Waals surface area contributed by atoms with E-state index in [1.165, 1.54) is 4.90 Å². The highest BCUT2D eigenvalue weighted by atomic mass is 16.5. The van der Waals surface area contributed by atoms with Crippen molar-refractivity contribution < 1.29 is 19.1 Å². The fraction of sp³-hybridized carbons (Fsp3) is 0.412. The van der Waals surface area contributed by atoms with E-state index >= 15 is 0 Å². The first-order valence-corrected chi connectivity index (χ1v) is 7.55. The van der Waals surface area contributed by atoms with Crippen molar-refractivity contribution in [3.63, 3.8) is 0 Å². The number of esters is 1. The summed E-state index contributed by atoms with van der Waals surface area (Å²) in [6.45, 7) is 6.24. The van der Waals surface area contributed by atoms with Crippen LogP contribution in [0.2, 0.25) is 0 Å². The molecule has 0 aliphatic heterocycles. The van der Waals surface area contributed by atoms with Gasteiger partial charge in [0.2, 0.25) is 0 Å². The molecule has 126 valence electrons. The average molecular weight is 320 g/mol. The maximum Gasteiger partial charge on any atom is 0.340 e. The molecule has 0 atom stereocenters. The van der Waals surface area contributed by atoms with Gasteiger partial charge in [-0.2, -0.15) is 0 Å². The Labute approximate surface area is 137 Å². The smallest absolute Gasteiger partial charge is 0.340 e. The first-order chi connectivity index (χ1) is 11.0. The SMILES string of the molecule is CCOCC(=O)N(C)C(C)=CNc1ccccc1C(=O)OCC. The molecule has 6 heteroatoms. The molecule has 0 aliphatic carbocycles. The van der Waals surface area contributed by atoms with Gasteiger partial charge in [-0.05, 0) is 32.9 Å². The molecule has 0 spiro atoms. The van der Waals surface area contributed by atoms with Crippen LogP contribution in [0.4, 0.5) is 5.69 Å². The number of anilines is 1. The molecule has 0 fully saturated rings. The molecule has 23 heavy (non-hydrogen) atoms. The second kappa shape index (κ2) is 9.63. The number of carbonyl (C=O) groups is 2. The van der Waals surface area contributed by atoms with Crippen LogP contribution < -0.4 is 5.32 Å². The monoisotopic (exact) mass is 320 g/mol. The van der Waals surface area contributed by atoms with Gasteiger partial charge in [-0.25, -0.2) is 4.79 Å². The second-order valence-electron chi connectivity index (χ2n) is 4.79. The lowest BCUT2D eigenvalue weighted by molar-refractivity contribution is -0.132. The highest BCUT2D eigenvalue weighted by Crippen LogP contribution is 2.17. The molecule has 1 aromatic rings. The molecule has 1 amide bonds. The number of nitrogens with one attached hydrogen (secondary N) is 1. The third-order valence-electron chi connectivity index (χ3n) is 3.19. The molecule has 0 saturated carbocycles. The Hall–Kier alpha value is -2.34. The van der Waals surface area contributed by atoms with Gasteiger partial charge in [-0.3, -0.25) is 4.79 Å². The molecule has 0 heterocycles. The summed E-state index contributed by atoms with van der Waals surface area (Å²) in [5.41, 5.74) is 1.77. The molecule has 1 rings (SSSR count). The van der Waals surface area contributed by atoms with Crippen LogP contribution in [0.15, 0.2) is 36.2 Å². The Balaban J connectivity index is 2.80. The van der Waals surface area contributed by atoms with Crippen LogP contribution in [0.5, 0.6) is 0 Å². The maximum absolute atomic E-state index is 11.9. The number of allylic oxidation sites excluding steroid dienone is 1. The Kier molecular flexibility index (Phi) is 7.83. The second-order valence-corrected chi connectivity index (χ2v) is 4.79. The van der Waals surface area contributed by atoms with Gasteiger partial charge in [0.1, 0.15) is 6.61 Å². The minimum absolute atomic E-state index is 0.0393. The summed E-state index contributed by atoms with van der Waals surface area (Å²) in [5.74, 6) is -0.525. The van der Waals surface area contributed by atoms with Crippen molar-refractivity contribution in [2.75, 3.05) is 32.2 Å². The molecule has 0 aromatic heterocycles. The van der Waals surface area contributed by atoms with Crippen molar-refractivity contribution in [1.29, 1.82) is 0 Å². The van der Waals surface area contributed by atoms with Gasteiger partial charge in [0, 0.05) is 25.6 Å². The number of hydrogen-bond donors (Lipinski definition) is 1. The van der Waals surface area contributed by atoms with Gasteiger partial charge in [-0.1, -0.05) is 12.1 Å². The first kappa shape index (κ1) is 18.7. The van der Waals surface area contributed by atoms with E-state index in [1.807, 2.05) is 13.0 Å². The number of benzene rings is 1. The van der Waals surface area contributed by atoms with Gasteiger partial charge in [-0.15, -0.1) is 0 Å². The highest BCUT2D eigenvalue weighted by molar-refractivity contribution is 5.95. The van der Waals surface area contributed by atoms with Crippen LogP contribution in [0, 0.1) is 0 Å². The molecule has 6 nitrogen and oxygen atoms in total. The van der Waals surface area contributed by atoms with Crippen molar-refractivity contribution in [3.05, 3.63) is 41.7 Å². The average Bonchev–Trinajstić information content (AvgIpc) is 2.57. The predicted molar refractivity (Wildman–Crippen MR) is 89.0 cm³/mol. The molecule has 0 saturated heterocycles. The molecule has 1 aromatic carbocycles. The van der Waals surface area contributed by atoms with E-state index in [4.69, 9.17) is 9.47 Å². The summed E-state index contributed by atoms with van der Waals surface area (Å²) in [5, 5.41) is 3.05. The summed E-state index contributed by atoms with van der Waals surface area (Å²) in [7, 11) is 1.67. The Morgan fingerprint density at radius 3 is 2.57 bits per heavy atom. The van der Waals surface area contributed by atoms with Gasteiger partial charge in [0.05, 0.1) is 17.9 Å². The summed E-state index contributed by atoms with van der Waals surface area (Å²) in [4.78, 5) is 25.3. The fourth-order valence-corrected chi connectivity index (χ4v) is 1.76. The van der Waals surface area contributed by atoms with E-state index in [0.717, 1.165) is 0 Å².